The summed E-state index contributed by atoms with van der Waals surface area (Å²) >= 11 is 5.80. The van der Waals surface area contributed by atoms with Crippen LogP contribution in [-0.2, 0) is 10.8 Å². The van der Waals surface area contributed by atoms with E-state index >= 15 is 0 Å². The number of nitrogen functional groups attached to an aromatic ring is 1. The Hall–Kier alpha value is -1.07. The van der Waals surface area contributed by atoms with Crippen LogP contribution in [0.3, 0.4) is 0 Å². The summed E-state index contributed by atoms with van der Waals surface area (Å²) in [5.41, 5.74) is 6.43. The van der Waals surface area contributed by atoms with Gasteiger partial charge in [-0.3, -0.25) is 9.00 Å². The molecule has 94 valence electrons. The van der Waals surface area contributed by atoms with E-state index in [0.29, 0.717) is 22.8 Å². The highest BCUT2D eigenvalue weighted by atomic mass is 35.5. The maximum absolute atomic E-state index is 11.8. The second-order valence-corrected chi connectivity index (χ2v) is 6.03. The van der Waals surface area contributed by atoms with Crippen molar-refractivity contribution in [3.05, 3.63) is 28.8 Å². The van der Waals surface area contributed by atoms with E-state index in [0.717, 1.165) is 0 Å². The first-order valence-electron chi connectivity index (χ1n) is 5.06. The van der Waals surface area contributed by atoms with Gasteiger partial charge in [-0.05, 0) is 25.1 Å². The van der Waals surface area contributed by atoms with Gasteiger partial charge < -0.3 is 11.1 Å². The molecule has 3 N–H and O–H groups in total. The number of rotatable bonds is 4. The van der Waals surface area contributed by atoms with Crippen LogP contribution in [0.25, 0.3) is 0 Å². The molecule has 17 heavy (non-hydrogen) atoms. The molecule has 1 aromatic rings. The molecule has 0 spiro atoms. The lowest BCUT2D eigenvalue weighted by atomic mass is 10.2. The number of amides is 1. The number of nitrogens with two attached hydrogens (primary N) is 1. The Bertz CT molecular complexity index is 431. The van der Waals surface area contributed by atoms with Gasteiger partial charge in [0.05, 0.1) is 0 Å². The average Bonchev–Trinajstić information content (AvgIpc) is 2.23. The van der Waals surface area contributed by atoms with E-state index in [1.54, 1.807) is 24.5 Å². The lowest BCUT2D eigenvalue weighted by Crippen LogP contribution is -2.32. The van der Waals surface area contributed by atoms with Crippen molar-refractivity contribution < 1.29 is 9.00 Å². The third-order valence-electron chi connectivity index (χ3n) is 2.30. The predicted molar refractivity (Wildman–Crippen MR) is 71.7 cm³/mol. The maximum atomic E-state index is 11.8. The third-order valence-corrected chi connectivity index (χ3v) is 3.82. The third kappa shape index (κ3) is 4.36. The monoisotopic (exact) mass is 274 g/mol. The minimum atomic E-state index is -0.957. The zero-order valence-electron chi connectivity index (χ0n) is 9.70. The molecular formula is C11H15ClN2O2S. The van der Waals surface area contributed by atoms with E-state index in [9.17, 15) is 9.00 Å². The zero-order chi connectivity index (χ0) is 13.0. The average molecular weight is 275 g/mol. The largest absolute Gasteiger partial charge is 0.399 e. The second-order valence-electron chi connectivity index (χ2n) is 3.79. The highest BCUT2D eigenvalue weighted by molar-refractivity contribution is 7.84. The Morgan fingerprint density at radius 3 is 2.71 bits per heavy atom. The molecule has 1 amide bonds. The molecule has 0 aliphatic carbocycles. The molecule has 4 nitrogen and oxygen atoms in total. The Morgan fingerprint density at radius 1 is 1.53 bits per heavy atom. The van der Waals surface area contributed by atoms with Crippen LogP contribution >= 0.6 is 11.6 Å². The number of nitrogens with one attached hydrogen (secondary N) is 1. The summed E-state index contributed by atoms with van der Waals surface area (Å²) in [6, 6.07) is 4.66. The topological polar surface area (TPSA) is 72.2 Å². The molecule has 0 aliphatic heterocycles. The van der Waals surface area contributed by atoms with Crippen LogP contribution < -0.4 is 11.1 Å². The number of benzene rings is 1. The van der Waals surface area contributed by atoms with Crippen LogP contribution in [0.1, 0.15) is 17.3 Å². The number of hydrogen-bond donors (Lipinski definition) is 2. The molecule has 0 saturated heterocycles. The van der Waals surface area contributed by atoms with Crippen LogP contribution in [0.15, 0.2) is 18.2 Å². The van der Waals surface area contributed by atoms with Crippen LogP contribution in [0, 0.1) is 0 Å². The first kappa shape index (κ1) is 14.0. The van der Waals surface area contributed by atoms with Gasteiger partial charge in [-0.1, -0.05) is 11.6 Å². The SMILES string of the molecule is CC(CNC(=O)c1cc(N)cc(Cl)c1)S(C)=O. The standard InChI is InChI=1S/C11H15ClN2O2S/c1-7(17(2)16)6-14-11(15)8-3-9(12)5-10(13)4-8/h3-5,7H,6,13H2,1-2H3,(H,14,15). The Kier molecular flexibility index (Phi) is 4.96. The van der Waals surface area contributed by atoms with Gasteiger partial charge in [0.25, 0.3) is 5.91 Å². The summed E-state index contributed by atoms with van der Waals surface area (Å²) in [6.45, 7) is 2.16. The van der Waals surface area contributed by atoms with Crippen molar-refractivity contribution in [2.45, 2.75) is 12.2 Å². The van der Waals surface area contributed by atoms with Crippen LogP contribution in [0.2, 0.25) is 5.02 Å². The molecule has 0 bridgehead atoms. The van der Waals surface area contributed by atoms with Crippen molar-refractivity contribution >= 4 is 34.0 Å². The first-order valence-corrected chi connectivity index (χ1v) is 7.06. The van der Waals surface area contributed by atoms with E-state index in [1.807, 2.05) is 6.92 Å². The smallest absolute Gasteiger partial charge is 0.251 e. The van der Waals surface area contributed by atoms with E-state index in [1.165, 1.54) is 0 Å². The Labute approximate surface area is 108 Å². The molecule has 2 unspecified atom stereocenters. The normalized spacial score (nSPS) is 14.1. The summed E-state index contributed by atoms with van der Waals surface area (Å²) in [7, 11) is -0.957. The van der Waals surface area contributed by atoms with Gasteiger partial charge in [0, 0.05) is 45.1 Å². The summed E-state index contributed by atoms with van der Waals surface area (Å²) in [5, 5.41) is 3.02. The van der Waals surface area contributed by atoms with Crippen molar-refractivity contribution in [3.63, 3.8) is 0 Å². The fourth-order valence-electron chi connectivity index (χ4n) is 1.20. The summed E-state index contributed by atoms with van der Waals surface area (Å²) in [5.74, 6) is -0.267. The van der Waals surface area contributed by atoms with Crippen LogP contribution in [0.5, 0.6) is 0 Å². The lowest BCUT2D eigenvalue weighted by molar-refractivity contribution is 0.0954. The van der Waals surface area contributed by atoms with Gasteiger partial charge in [-0.2, -0.15) is 0 Å². The fraction of sp³-hybridized carbons (Fsp3) is 0.364. The molecule has 0 aromatic heterocycles. The van der Waals surface area contributed by atoms with E-state index in [-0.39, 0.29) is 11.2 Å². The van der Waals surface area contributed by atoms with Crippen LogP contribution in [0.4, 0.5) is 5.69 Å². The second kappa shape index (κ2) is 6.02. The highest BCUT2D eigenvalue weighted by Gasteiger charge is 2.11. The van der Waals surface area contributed by atoms with Gasteiger partial charge >= 0.3 is 0 Å². The molecule has 0 heterocycles. The first-order chi connectivity index (χ1) is 7.90. The van der Waals surface area contributed by atoms with Gasteiger partial charge in [0.1, 0.15) is 0 Å². The van der Waals surface area contributed by atoms with Crippen molar-refractivity contribution in [2.24, 2.45) is 0 Å². The predicted octanol–water partition coefficient (Wildman–Crippen LogP) is 1.42. The number of hydrogen-bond acceptors (Lipinski definition) is 3. The van der Waals surface area contributed by atoms with Crippen molar-refractivity contribution in [3.8, 4) is 0 Å². The quantitative estimate of drug-likeness (QED) is 0.816. The number of halogens is 1. The maximum Gasteiger partial charge on any atom is 0.251 e. The van der Waals surface area contributed by atoms with Gasteiger partial charge in [0.2, 0.25) is 0 Å². The van der Waals surface area contributed by atoms with E-state index in [2.05, 4.69) is 5.32 Å². The lowest BCUT2D eigenvalue weighted by Gasteiger charge is -2.10. The number of carbonyl (C=O) groups is 1. The molecule has 2 atom stereocenters. The van der Waals surface area contributed by atoms with Crippen LogP contribution in [-0.4, -0.2) is 28.2 Å². The van der Waals surface area contributed by atoms with Gasteiger partial charge in [-0.25, -0.2) is 0 Å². The van der Waals surface area contributed by atoms with Gasteiger partial charge in [0.15, 0.2) is 0 Å². The molecule has 1 aromatic carbocycles. The van der Waals surface area contributed by atoms with Crippen molar-refractivity contribution in [2.75, 3.05) is 18.5 Å². The molecule has 0 fully saturated rings. The molecule has 6 heteroatoms. The molecule has 0 aliphatic rings. The zero-order valence-corrected chi connectivity index (χ0v) is 11.3. The van der Waals surface area contributed by atoms with Crippen molar-refractivity contribution in [1.29, 1.82) is 0 Å². The summed E-state index contributed by atoms with van der Waals surface area (Å²) in [4.78, 5) is 11.8. The number of anilines is 1. The minimum Gasteiger partial charge on any atom is -0.399 e. The van der Waals surface area contributed by atoms with E-state index in [4.69, 9.17) is 17.3 Å². The van der Waals surface area contributed by atoms with E-state index < -0.39 is 10.8 Å². The summed E-state index contributed by atoms with van der Waals surface area (Å²) in [6.07, 6.45) is 1.61. The van der Waals surface area contributed by atoms with Crippen molar-refractivity contribution in [1.82, 2.24) is 5.32 Å². The van der Waals surface area contributed by atoms with Gasteiger partial charge in [-0.15, -0.1) is 0 Å². The Morgan fingerprint density at radius 2 is 2.18 bits per heavy atom. The highest BCUT2D eigenvalue weighted by Crippen LogP contribution is 2.16. The molecule has 1 rings (SSSR count). The molecular weight excluding hydrogens is 260 g/mol. The summed E-state index contributed by atoms with van der Waals surface area (Å²) < 4.78 is 11.1. The fourth-order valence-corrected chi connectivity index (χ4v) is 1.76. The Balaban J connectivity index is 2.67. The molecule has 0 saturated carbocycles. The number of carbonyl (C=O) groups excluding carboxylic acids is 1. The minimum absolute atomic E-state index is 0.0875. The molecule has 0 radical (unpaired) electrons.